The van der Waals surface area contributed by atoms with Crippen LogP contribution in [0.1, 0.15) is 31.1 Å². The number of ether oxygens (including phenoxy) is 1. The maximum absolute atomic E-state index is 6.02. The molecule has 0 saturated carbocycles. The predicted octanol–water partition coefficient (Wildman–Crippen LogP) is 2.72. The van der Waals surface area contributed by atoms with Gasteiger partial charge in [-0.2, -0.15) is 0 Å². The van der Waals surface area contributed by atoms with E-state index in [0.717, 1.165) is 29.0 Å². The monoisotopic (exact) mass is 208 g/mol. The Hall–Kier alpha value is -1.22. The standard InChI is InChI=1S/C12H20N2O/c1-5-14-10-6-8(2)12(13)11(7-10)9(3)15-4/h6-7,9,14H,5,13H2,1-4H3. The van der Waals surface area contributed by atoms with Gasteiger partial charge in [0.1, 0.15) is 0 Å². The van der Waals surface area contributed by atoms with Crippen molar-refractivity contribution in [2.24, 2.45) is 0 Å². The molecule has 3 nitrogen and oxygen atoms in total. The smallest absolute Gasteiger partial charge is 0.0813 e. The lowest BCUT2D eigenvalue weighted by Gasteiger charge is -2.17. The topological polar surface area (TPSA) is 47.3 Å². The summed E-state index contributed by atoms with van der Waals surface area (Å²) in [6.07, 6.45) is 0.0299. The lowest BCUT2D eigenvalue weighted by Crippen LogP contribution is -2.06. The van der Waals surface area contributed by atoms with Gasteiger partial charge in [0.15, 0.2) is 0 Å². The van der Waals surface area contributed by atoms with Crippen LogP contribution in [0.4, 0.5) is 11.4 Å². The van der Waals surface area contributed by atoms with E-state index in [1.54, 1.807) is 7.11 Å². The van der Waals surface area contributed by atoms with Crippen molar-refractivity contribution in [3.05, 3.63) is 23.3 Å². The predicted molar refractivity (Wildman–Crippen MR) is 65.2 cm³/mol. The molecule has 0 spiro atoms. The second-order valence-corrected chi connectivity index (χ2v) is 3.70. The van der Waals surface area contributed by atoms with E-state index in [4.69, 9.17) is 10.5 Å². The third-order valence-corrected chi connectivity index (χ3v) is 2.59. The number of methoxy groups -OCH3 is 1. The van der Waals surface area contributed by atoms with E-state index in [2.05, 4.69) is 24.4 Å². The lowest BCUT2D eigenvalue weighted by atomic mass is 10.0. The molecule has 0 aromatic heterocycles. The lowest BCUT2D eigenvalue weighted by molar-refractivity contribution is 0.120. The summed E-state index contributed by atoms with van der Waals surface area (Å²) in [5, 5.41) is 3.28. The molecule has 0 saturated heterocycles. The Morgan fingerprint density at radius 3 is 2.67 bits per heavy atom. The van der Waals surface area contributed by atoms with Gasteiger partial charge in [0.05, 0.1) is 6.10 Å². The van der Waals surface area contributed by atoms with Crippen molar-refractivity contribution >= 4 is 11.4 Å². The quantitative estimate of drug-likeness (QED) is 0.748. The van der Waals surface area contributed by atoms with Crippen molar-refractivity contribution in [3.8, 4) is 0 Å². The molecule has 0 radical (unpaired) electrons. The number of hydrogen-bond donors (Lipinski definition) is 2. The molecule has 84 valence electrons. The second kappa shape index (κ2) is 5.03. The Kier molecular flexibility index (Phi) is 3.97. The fraction of sp³-hybridized carbons (Fsp3) is 0.500. The van der Waals surface area contributed by atoms with Crippen molar-refractivity contribution < 1.29 is 4.74 Å². The number of anilines is 2. The van der Waals surface area contributed by atoms with Crippen LogP contribution in [0.25, 0.3) is 0 Å². The summed E-state index contributed by atoms with van der Waals surface area (Å²) in [5.74, 6) is 0. The molecule has 0 bridgehead atoms. The minimum atomic E-state index is 0.0299. The van der Waals surface area contributed by atoms with Gasteiger partial charge < -0.3 is 15.8 Å². The zero-order chi connectivity index (χ0) is 11.4. The Labute approximate surface area is 91.6 Å². The van der Waals surface area contributed by atoms with E-state index < -0.39 is 0 Å². The Morgan fingerprint density at radius 2 is 2.13 bits per heavy atom. The summed E-state index contributed by atoms with van der Waals surface area (Å²) in [7, 11) is 1.69. The molecule has 0 heterocycles. The van der Waals surface area contributed by atoms with Crippen LogP contribution >= 0.6 is 0 Å². The zero-order valence-electron chi connectivity index (χ0n) is 9.92. The summed E-state index contributed by atoms with van der Waals surface area (Å²) in [5.41, 5.74) is 10.1. The first-order chi connectivity index (χ1) is 7.10. The second-order valence-electron chi connectivity index (χ2n) is 3.70. The van der Waals surface area contributed by atoms with Crippen LogP contribution in [0.3, 0.4) is 0 Å². The van der Waals surface area contributed by atoms with Gasteiger partial charge in [-0.1, -0.05) is 0 Å². The highest BCUT2D eigenvalue weighted by Gasteiger charge is 2.11. The average molecular weight is 208 g/mol. The number of aryl methyl sites for hydroxylation is 1. The van der Waals surface area contributed by atoms with Gasteiger partial charge in [0.25, 0.3) is 0 Å². The van der Waals surface area contributed by atoms with Crippen molar-refractivity contribution in [1.29, 1.82) is 0 Å². The maximum atomic E-state index is 6.02. The van der Waals surface area contributed by atoms with Gasteiger partial charge in [0, 0.05) is 30.6 Å². The molecule has 3 N–H and O–H groups in total. The molecule has 1 aromatic carbocycles. The van der Waals surface area contributed by atoms with Crippen molar-refractivity contribution in [3.63, 3.8) is 0 Å². The summed E-state index contributed by atoms with van der Waals surface area (Å²) in [6.45, 7) is 7.00. The van der Waals surface area contributed by atoms with Crippen LogP contribution in [0.5, 0.6) is 0 Å². The summed E-state index contributed by atoms with van der Waals surface area (Å²) < 4.78 is 5.30. The maximum Gasteiger partial charge on any atom is 0.0813 e. The molecule has 0 fully saturated rings. The zero-order valence-corrected chi connectivity index (χ0v) is 9.92. The van der Waals surface area contributed by atoms with E-state index in [0.29, 0.717) is 0 Å². The van der Waals surface area contributed by atoms with Gasteiger partial charge in [-0.25, -0.2) is 0 Å². The van der Waals surface area contributed by atoms with Gasteiger partial charge in [-0.3, -0.25) is 0 Å². The number of nitrogens with one attached hydrogen (secondary N) is 1. The third kappa shape index (κ3) is 2.63. The van der Waals surface area contributed by atoms with E-state index >= 15 is 0 Å². The molecule has 3 heteroatoms. The first-order valence-electron chi connectivity index (χ1n) is 5.26. The van der Waals surface area contributed by atoms with Gasteiger partial charge >= 0.3 is 0 Å². The van der Waals surface area contributed by atoms with Crippen molar-refractivity contribution in [2.75, 3.05) is 24.7 Å². The average Bonchev–Trinajstić information content (AvgIpc) is 2.22. The first kappa shape index (κ1) is 11.9. The Bertz CT molecular complexity index is 337. The highest BCUT2D eigenvalue weighted by Crippen LogP contribution is 2.29. The highest BCUT2D eigenvalue weighted by molar-refractivity contribution is 5.62. The molecule has 1 aromatic rings. The molecule has 0 aliphatic heterocycles. The van der Waals surface area contributed by atoms with Crippen LogP contribution < -0.4 is 11.1 Å². The molecule has 0 aliphatic carbocycles. The number of hydrogen-bond acceptors (Lipinski definition) is 3. The fourth-order valence-electron chi connectivity index (χ4n) is 1.60. The summed E-state index contributed by atoms with van der Waals surface area (Å²) in [6, 6.07) is 4.12. The number of benzene rings is 1. The number of rotatable bonds is 4. The van der Waals surface area contributed by atoms with Crippen LogP contribution in [0.2, 0.25) is 0 Å². The Morgan fingerprint density at radius 1 is 1.47 bits per heavy atom. The van der Waals surface area contributed by atoms with Gasteiger partial charge in [-0.15, -0.1) is 0 Å². The minimum absolute atomic E-state index is 0.0299. The number of nitrogens with two attached hydrogens (primary N) is 1. The Balaban J connectivity index is 3.12. The largest absolute Gasteiger partial charge is 0.398 e. The van der Waals surface area contributed by atoms with Crippen LogP contribution in [-0.4, -0.2) is 13.7 Å². The van der Waals surface area contributed by atoms with E-state index in [1.807, 2.05) is 13.8 Å². The molecular formula is C12H20N2O. The van der Waals surface area contributed by atoms with Gasteiger partial charge in [0.2, 0.25) is 0 Å². The minimum Gasteiger partial charge on any atom is -0.398 e. The molecule has 1 rings (SSSR count). The molecule has 0 aliphatic rings. The van der Waals surface area contributed by atoms with Crippen molar-refractivity contribution in [1.82, 2.24) is 0 Å². The van der Waals surface area contributed by atoms with E-state index in [-0.39, 0.29) is 6.10 Å². The van der Waals surface area contributed by atoms with Crippen LogP contribution in [0, 0.1) is 6.92 Å². The number of nitrogen functional groups attached to an aromatic ring is 1. The SMILES string of the molecule is CCNc1cc(C)c(N)c(C(C)OC)c1. The van der Waals surface area contributed by atoms with Crippen LogP contribution in [-0.2, 0) is 4.74 Å². The normalized spacial score (nSPS) is 12.5. The molecule has 1 atom stereocenters. The fourth-order valence-corrected chi connectivity index (χ4v) is 1.60. The highest BCUT2D eigenvalue weighted by atomic mass is 16.5. The molecule has 0 amide bonds. The first-order valence-corrected chi connectivity index (χ1v) is 5.26. The van der Waals surface area contributed by atoms with Gasteiger partial charge in [-0.05, 0) is 38.5 Å². The van der Waals surface area contributed by atoms with Crippen LogP contribution in [0.15, 0.2) is 12.1 Å². The molecular weight excluding hydrogens is 188 g/mol. The third-order valence-electron chi connectivity index (χ3n) is 2.59. The van der Waals surface area contributed by atoms with E-state index in [9.17, 15) is 0 Å². The summed E-state index contributed by atoms with van der Waals surface area (Å²) >= 11 is 0. The molecule has 1 unspecified atom stereocenters. The van der Waals surface area contributed by atoms with Crippen molar-refractivity contribution in [2.45, 2.75) is 26.9 Å². The molecule has 15 heavy (non-hydrogen) atoms. The summed E-state index contributed by atoms with van der Waals surface area (Å²) in [4.78, 5) is 0. The van der Waals surface area contributed by atoms with E-state index in [1.165, 1.54) is 0 Å².